The summed E-state index contributed by atoms with van der Waals surface area (Å²) in [6.07, 6.45) is 1.70. The molecule has 42 heavy (non-hydrogen) atoms. The van der Waals surface area contributed by atoms with Crippen molar-refractivity contribution in [2.75, 3.05) is 10.2 Å². The Kier molecular flexibility index (Phi) is 9.00. The van der Waals surface area contributed by atoms with Crippen LogP contribution in [0.25, 0.3) is 6.08 Å². The molecule has 4 amide bonds. The van der Waals surface area contributed by atoms with E-state index < -0.39 is 17.1 Å². The number of halogens is 1. The van der Waals surface area contributed by atoms with E-state index >= 15 is 0 Å². The van der Waals surface area contributed by atoms with Gasteiger partial charge >= 0.3 is 0 Å². The molecule has 0 unspecified atom stereocenters. The molecular formula is C33H26BrN3O4S. The van der Waals surface area contributed by atoms with Crippen molar-refractivity contribution in [2.24, 2.45) is 0 Å². The Morgan fingerprint density at radius 1 is 0.905 bits per heavy atom. The number of carbonyl (C=O) groups excluding carboxylic acids is 4. The highest BCUT2D eigenvalue weighted by atomic mass is 79.9. The first kappa shape index (κ1) is 29.0. The molecule has 1 saturated heterocycles. The maximum Gasteiger partial charge on any atom is 0.272 e. The van der Waals surface area contributed by atoms with Crippen molar-refractivity contribution >= 4 is 68.8 Å². The molecule has 4 aromatic rings. The second-order valence-electron chi connectivity index (χ2n) is 9.63. The van der Waals surface area contributed by atoms with E-state index in [1.807, 2.05) is 43.3 Å². The third-order valence-electron chi connectivity index (χ3n) is 6.44. The fourth-order valence-electron chi connectivity index (χ4n) is 4.44. The van der Waals surface area contributed by atoms with Crippen molar-refractivity contribution in [1.82, 2.24) is 5.32 Å². The summed E-state index contributed by atoms with van der Waals surface area (Å²) in [5.74, 6) is -1.46. The molecule has 0 spiro atoms. The summed E-state index contributed by atoms with van der Waals surface area (Å²) in [6, 6.07) is 30.3. The van der Waals surface area contributed by atoms with Gasteiger partial charge in [0.2, 0.25) is 11.8 Å². The standard InChI is InChI=1S/C33H26BrN3O4S/c1-21-7-5-8-22(17-21)18-28(36-31(39)23-9-3-2-4-10-23)32(40)35-25-11-6-12-27(19-25)42-29-20-30(38)37(33(29)41)26-15-13-24(34)14-16-26/h2-19,29H,20H2,1H3,(H,35,40)(H,36,39)/b28-18-/t29-/m0/s1. The molecule has 5 rings (SSSR count). The fourth-order valence-corrected chi connectivity index (χ4v) is 5.81. The lowest BCUT2D eigenvalue weighted by molar-refractivity contribution is -0.121. The Bertz CT molecular complexity index is 1690. The zero-order chi connectivity index (χ0) is 29.6. The Hall–Kier alpha value is -4.47. The summed E-state index contributed by atoms with van der Waals surface area (Å²) in [5, 5.41) is 5.01. The zero-order valence-electron chi connectivity index (χ0n) is 22.5. The number of carbonyl (C=O) groups is 4. The number of anilines is 2. The van der Waals surface area contributed by atoms with Crippen LogP contribution < -0.4 is 15.5 Å². The second-order valence-corrected chi connectivity index (χ2v) is 11.8. The van der Waals surface area contributed by atoms with Gasteiger partial charge in [0.15, 0.2) is 0 Å². The van der Waals surface area contributed by atoms with E-state index in [2.05, 4.69) is 26.6 Å². The van der Waals surface area contributed by atoms with Crippen LogP contribution in [0, 0.1) is 6.92 Å². The first-order valence-corrected chi connectivity index (χ1v) is 14.8. The Morgan fingerprint density at radius 3 is 2.38 bits per heavy atom. The molecular weight excluding hydrogens is 614 g/mol. The van der Waals surface area contributed by atoms with Gasteiger partial charge < -0.3 is 10.6 Å². The number of hydrogen-bond acceptors (Lipinski definition) is 5. The van der Waals surface area contributed by atoms with Gasteiger partial charge in [-0.15, -0.1) is 11.8 Å². The number of amides is 4. The van der Waals surface area contributed by atoms with E-state index in [1.165, 1.54) is 16.7 Å². The molecule has 1 fully saturated rings. The molecule has 9 heteroatoms. The van der Waals surface area contributed by atoms with Crippen molar-refractivity contribution in [2.45, 2.75) is 23.5 Å². The molecule has 4 aromatic carbocycles. The third kappa shape index (κ3) is 7.05. The van der Waals surface area contributed by atoms with Crippen LogP contribution in [0.4, 0.5) is 11.4 Å². The molecule has 0 saturated carbocycles. The number of benzene rings is 4. The number of hydrogen-bond donors (Lipinski definition) is 2. The summed E-state index contributed by atoms with van der Waals surface area (Å²) in [5.41, 5.74) is 3.29. The molecule has 1 aliphatic heterocycles. The molecule has 1 heterocycles. The highest BCUT2D eigenvalue weighted by molar-refractivity contribution is 9.10. The number of rotatable bonds is 8. The Labute approximate surface area is 256 Å². The van der Waals surface area contributed by atoms with Crippen LogP contribution in [0.5, 0.6) is 0 Å². The Balaban J connectivity index is 1.32. The summed E-state index contributed by atoms with van der Waals surface area (Å²) in [6.45, 7) is 1.95. The monoisotopic (exact) mass is 639 g/mol. The van der Waals surface area contributed by atoms with Crippen molar-refractivity contribution < 1.29 is 19.2 Å². The SMILES string of the molecule is Cc1cccc(/C=C(\NC(=O)c2ccccc2)C(=O)Nc2cccc(S[C@H]3CC(=O)N(c4ccc(Br)cc4)C3=O)c2)c1. The van der Waals surface area contributed by atoms with Gasteiger partial charge in [-0.25, -0.2) is 4.90 Å². The lowest BCUT2D eigenvalue weighted by Gasteiger charge is -2.15. The lowest BCUT2D eigenvalue weighted by atomic mass is 10.1. The van der Waals surface area contributed by atoms with Crippen molar-refractivity contribution in [3.05, 3.63) is 130 Å². The van der Waals surface area contributed by atoms with Gasteiger partial charge in [0.1, 0.15) is 5.70 Å². The summed E-state index contributed by atoms with van der Waals surface area (Å²) in [4.78, 5) is 54.1. The van der Waals surface area contributed by atoms with Crippen LogP contribution in [-0.2, 0) is 14.4 Å². The van der Waals surface area contributed by atoms with Crippen LogP contribution in [0.3, 0.4) is 0 Å². The maximum absolute atomic E-state index is 13.4. The number of nitrogens with zero attached hydrogens (tertiary/aromatic N) is 1. The lowest BCUT2D eigenvalue weighted by Crippen LogP contribution is -2.31. The summed E-state index contributed by atoms with van der Waals surface area (Å²) < 4.78 is 0.853. The average Bonchev–Trinajstić information content (AvgIpc) is 3.25. The van der Waals surface area contributed by atoms with Gasteiger partial charge in [0.05, 0.1) is 10.9 Å². The molecule has 210 valence electrons. The van der Waals surface area contributed by atoms with Crippen LogP contribution in [0.15, 0.2) is 118 Å². The van der Waals surface area contributed by atoms with E-state index in [0.717, 1.165) is 15.6 Å². The minimum Gasteiger partial charge on any atom is -0.321 e. The third-order valence-corrected chi connectivity index (χ3v) is 8.15. The molecule has 0 aromatic heterocycles. The van der Waals surface area contributed by atoms with Gasteiger partial charge in [-0.2, -0.15) is 0 Å². The number of nitrogens with one attached hydrogen (secondary N) is 2. The van der Waals surface area contributed by atoms with Gasteiger partial charge in [-0.05, 0) is 73.2 Å². The van der Waals surface area contributed by atoms with Gasteiger partial charge in [0, 0.05) is 27.0 Å². The molecule has 1 atom stereocenters. The van der Waals surface area contributed by atoms with E-state index in [-0.39, 0.29) is 23.9 Å². The van der Waals surface area contributed by atoms with E-state index in [4.69, 9.17) is 0 Å². The summed E-state index contributed by atoms with van der Waals surface area (Å²) >= 11 is 4.64. The Morgan fingerprint density at radius 2 is 1.64 bits per heavy atom. The fraction of sp³-hybridized carbons (Fsp3) is 0.0909. The number of imide groups is 1. The normalized spacial score (nSPS) is 15.0. The van der Waals surface area contributed by atoms with E-state index in [0.29, 0.717) is 21.8 Å². The average molecular weight is 641 g/mol. The minimum absolute atomic E-state index is 0.0745. The molecule has 2 N–H and O–H groups in total. The van der Waals surface area contributed by atoms with Crippen molar-refractivity contribution in [3.63, 3.8) is 0 Å². The molecule has 1 aliphatic rings. The van der Waals surface area contributed by atoms with Crippen LogP contribution >= 0.6 is 27.7 Å². The molecule has 7 nitrogen and oxygen atoms in total. The molecule has 0 bridgehead atoms. The van der Waals surface area contributed by atoms with Crippen LogP contribution in [-0.4, -0.2) is 28.9 Å². The predicted molar refractivity (Wildman–Crippen MR) is 169 cm³/mol. The van der Waals surface area contributed by atoms with Crippen molar-refractivity contribution in [1.29, 1.82) is 0 Å². The van der Waals surface area contributed by atoms with Gasteiger partial charge in [-0.3, -0.25) is 19.2 Å². The van der Waals surface area contributed by atoms with E-state index in [9.17, 15) is 19.2 Å². The largest absolute Gasteiger partial charge is 0.321 e. The minimum atomic E-state index is -0.589. The first-order valence-electron chi connectivity index (χ1n) is 13.1. The van der Waals surface area contributed by atoms with E-state index in [1.54, 1.807) is 72.8 Å². The van der Waals surface area contributed by atoms with Crippen molar-refractivity contribution in [3.8, 4) is 0 Å². The smallest absolute Gasteiger partial charge is 0.272 e. The molecule has 0 radical (unpaired) electrons. The summed E-state index contributed by atoms with van der Waals surface area (Å²) in [7, 11) is 0. The van der Waals surface area contributed by atoms with Crippen LogP contribution in [0.1, 0.15) is 27.9 Å². The highest BCUT2D eigenvalue weighted by Gasteiger charge is 2.40. The predicted octanol–water partition coefficient (Wildman–Crippen LogP) is 6.59. The highest BCUT2D eigenvalue weighted by Crippen LogP contribution is 2.35. The quantitative estimate of drug-likeness (QED) is 0.167. The van der Waals surface area contributed by atoms with Gasteiger partial charge in [-0.1, -0.05) is 70.0 Å². The first-order chi connectivity index (χ1) is 20.3. The number of aryl methyl sites for hydroxylation is 1. The van der Waals surface area contributed by atoms with Crippen LogP contribution in [0.2, 0.25) is 0 Å². The zero-order valence-corrected chi connectivity index (χ0v) is 24.9. The van der Waals surface area contributed by atoms with Gasteiger partial charge in [0.25, 0.3) is 11.8 Å². The number of thioether (sulfide) groups is 1. The topological polar surface area (TPSA) is 95.6 Å². The molecule has 0 aliphatic carbocycles. The second kappa shape index (κ2) is 13.0. The maximum atomic E-state index is 13.4.